The van der Waals surface area contributed by atoms with Gasteiger partial charge < -0.3 is 25.0 Å². The minimum Gasteiger partial charge on any atom is -0.493 e. The predicted molar refractivity (Wildman–Crippen MR) is 97.2 cm³/mol. The van der Waals surface area contributed by atoms with Crippen molar-refractivity contribution in [2.75, 3.05) is 46.5 Å². The summed E-state index contributed by atoms with van der Waals surface area (Å²) in [6, 6.07) is 6.56. The Morgan fingerprint density at radius 2 is 1.76 bits per heavy atom. The van der Waals surface area contributed by atoms with Gasteiger partial charge in [0, 0.05) is 33.3 Å². The molecule has 0 aromatic heterocycles. The molecule has 140 valence electrons. The molecule has 1 aromatic rings. The lowest BCUT2D eigenvalue weighted by Crippen LogP contribution is -2.55. The van der Waals surface area contributed by atoms with E-state index in [0.717, 1.165) is 0 Å². The van der Waals surface area contributed by atoms with Crippen LogP contribution in [0.3, 0.4) is 0 Å². The molecule has 0 spiro atoms. The van der Waals surface area contributed by atoms with Crippen molar-refractivity contribution < 1.29 is 19.1 Å². The molecule has 25 heavy (non-hydrogen) atoms. The number of carbonyl (C=O) groups excluding carboxylic acids is 2. The van der Waals surface area contributed by atoms with Crippen molar-refractivity contribution in [3.63, 3.8) is 0 Å². The Kier molecular flexibility index (Phi) is 8.68. The number of rotatable bonds is 6. The molecule has 7 nitrogen and oxygen atoms in total. The van der Waals surface area contributed by atoms with E-state index >= 15 is 0 Å². The Bertz CT molecular complexity index is 577. The van der Waals surface area contributed by atoms with Gasteiger partial charge in [-0.15, -0.1) is 12.4 Å². The number of methoxy groups -OCH3 is 1. The number of piperazine rings is 1. The normalized spacial score (nSPS) is 15.3. The highest BCUT2D eigenvalue weighted by molar-refractivity contribution is 5.97. The average Bonchev–Trinajstić information content (AvgIpc) is 2.61. The molecule has 2 amide bonds. The van der Waals surface area contributed by atoms with Gasteiger partial charge in [-0.2, -0.15) is 0 Å². The van der Waals surface area contributed by atoms with Crippen LogP contribution in [0.2, 0.25) is 0 Å². The van der Waals surface area contributed by atoms with Gasteiger partial charge in [0.05, 0.1) is 18.8 Å². The van der Waals surface area contributed by atoms with Crippen molar-refractivity contribution in [3.8, 4) is 5.75 Å². The summed E-state index contributed by atoms with van der Waals surface area (Å²) in [5.41, 5.74) is 6.34. The van der Waals surface area contributed by atoms with Gasteiger partial charge in [-0.3, -0.25) is 9.59 Å². The van der Waals surface area contributed by atoms with Crippen molar-refractivity contribution >= 4 is 24.2 Å². The Labute approximate surface area is 154 Å². The molecule has 2 N–H and O–H groups in total. The number of benzene rings is 1. The first kappa shape index (κ1) is 21.2. The molecule has 1 aliphatic rings. The molecule has 1 fully saturated rings. The molecule has 0 aliphatic carbocycles. The smallest absolute Gasteiger partial charge is 0.257 e. The maximum atomic E-state index is 12.7. The lowest BCUT2D eigenvalue weighted by atomic mass is 10.1. The second kappa shape index (κ2) is 10.2. The molecule has 8 heteroatoms. The quantitative estimate of drug-likeness (QED) is 0.798. The lowest BCUT2D eigenvalue weighted by Gasteiger charge is -2.36. The predicted octanol–water partition coefficient (Wildman–Crippen LogP) is 0.765. The highest BCUT2D eigenvalue weighted by Gasteiger charge is 2.28. The average molecular weight is 372 g/mol. The van der Waals surface area contributed by atoms with E-state index in [0.29, 0.717) is 44.1 Å². The van der Waals surface area contributed by atoms with Crippen molar-refractivity contribution in [2.45, 2.75) is 13.0 Å². The number of hydrogen-bond acceptors (Lipinski definition) is 5. The number of hydrogen-bond donors (Lipinski definition) is 1. The van der Waals surface area contributed by atoms with Crippen LogP contribution in [0.25, 0.3) is 0 Å². The summed E-state index contributed by atoms with van der Waals surface area (Å²) in [7, 11) is 1.51. The van der Waals surface area contributed by atoms with E-state index in [9.17, 15) is 9.59 Å². The lowest BCUT2D eigenvalue weighted by molar-refractivity contribution is -0.135. The molecular formula is C17H26ClN3O4. The van der Waals surface area contributed by atoms with E-state index in [4.69, 9.17) is 15.2 Å². The van der Waals surface area contributed by atoms with Crippen LogP contribution in [-0.2, 0) is 9.53 Å². The molecule has 1 atom stereocenters. The second-order valence-electron chi connectivity index (χ2n) is 5.61. The molecule has 0 radical (unpaired) electrons. The van der Waals surface area contributed by atoms with Gasteiger partial charge in [-0.1, -0.05) is 12.1 Å². The van der Waals surface area contributed by atoms with Gasteiger partial charge in [0.2, 0.25) is 5.91 Å². The zero-order chi connectivity index (χ0) is 17.5. The van der Waals surface area contributed by atoms with Crippen LogP contribution < -0.4 is 10.5 Å². The van der Waals surface area contributed by atoms with Crippen LogP contribution in [-0.4, -0.2) is 74.2 Å². The first-order valence-corrected chi connectivity index (χ1v) is 8.12. The van der Waals surface area contributed by atoms with Crippen LogP contribution in [0.4, 0.5) is 0 Å². The summed E-state index contributed by atoms with van der Waals surface area (Å²) in [6.07, 6.45) is 0. The summed E-state index contributed by atoms with van der Waals surface area (Å²) in [5.74, 6) is 0.372. The molecule has 2 rings (SSSR count). The fourth-order valence-electron chi connectivity index (χ4n) is 2.71. The third-order valence-electron chi connectivity index (χ3n) is 3.96. The SMILES string of the molecule is CCOc1ccccc1C(=O)N1CCN(C(=O)C(N)COC)CC1.Cl. The highest BCUT2D eigenvalue weighted by atomic mass is 35.5. The molecular weight excluding hydrogens is 346 g/mol. The largest absolute Gasteiger partial charge is 0.493 e. The third-order valence-corrected chi connectivity index (χ3v) is 3.96. The maximum absolute atomic E-state index is 12.7. The Balaban J connectivity index is 0.00000312. The van der Waals surface area contributed by atoms with E-state index in [1.165, 1.54) is 7.11 Å². The first-order chi connectivity index (χ1) is 11.6. The van der Waals surface area contributed by atoms with Crippen LogP contribution in [0.15, 0.2) is 24.3 Å². The van der Waals surface area contributed by atoms with Crippen molar-refractivity contribution in [3.05, 3.63) is 29.8 Å². The van der Waals surface area contributed by atoms with Gasteiger partial charge in [0.15, 0.2) is 0 Å². The van der Waals surface area contributed by atoms with Crippen molar-refractivity contribution in [2.24, 2.45) is 5.73 Å². The van der Waals surface area contributed by atoms with E-state index < -0.39 is 6.04 Å². The van der Waals surface area contributed by atoms with Crippen LogP contribution in [0, 0.1) is 0 Å². The fraction of sp³-hybridized carbons (Fsp3) is 0.529. The van der Waals surface area contributed by atoms with Crippen LogP contribution in [0.5, 0.6) is 5.75 Å². The molecule has 1 aromatic carbocycles. The fourth-order valence-corrected chi connectivity index (χ4v) is 2.71. The summed E-state index contributed by atoms with van der Waals surface area (Å²) >= 11 is 0. The van der Waals surface area contributed by atoms with Gasteiger partial charge >= 0.3 is 0 Å². The molecule has 0 bridgehead atoms. The van der Waals surface area contributed by atoms with Gasteiger partial charge in [0.25, 0.3) is 5.91 Å². The number of halogens is 1. The zero-order valence-electron chi connectivity index (χ0n) is 14.6. The van der Waals surface area contributed by atoms with Gasteiger partial charge in [0.1, 0.15) is 11.8 Å². The first-order valence-electron chi connectivity index (χ1n) is 8.12. The number of ether oxygens (including phenoxy) is 2. The van der Waals surface area contributed by atoms with Gasteiger partial charge in [-0.05, 0) is 19.1 Å². The molecule has 0 saturated carbocycles. The summed E-state index contributed by atoms with van der Waals surface area (Å²) < 4.78 is 10.4. The Hall–Kier alpha value is -1.83. The maximum Gasteiger partial charge on any atom is 0.257 e. The number of amides is 2. The van der Waals surface area contributed by atoms with E-state index in [2.05, 4.69) is 0 Å². The molecule has 1 heterocycles. The molecule has 1 saturated heterocycles. The topological polar surface area (TPSA) is 85.1 Å². The summed E-state index contributed by atoms with van der Waals surface area (Å²) in [5, 5.41) is 0. The Morgan fingerprint density at radius 3 is 2.36 bits per heavy atom. The summed E-state index contributed by atoms with van der Waals surface area (Å²) in [4.78, 5) is 28.3. The van der Waals surface area contributed by atoms with Crippen molar-refractivity contribution in [1.82, 2.24) is 9.80 Å². The monoisotopic (exact) mass is 371 g/mol. The van der Waals surface area contributed by atoms with E-state index in [1.54, 1.807) is 21.9 Å². The number of para-hydroxylation sites is 1. The number of nitrogens with two attached hydrogens (primary N) is 1. The van der Waals surface area contributed by atoms with E-state index in [1.807, 2.05) is 19.1 Å². The number of nitrogens with zero attached hydrogens (tertiary/aromatic N) is 2. The summed E-state index contributed by atoms with van der Waals surface area (Å²) in [6.45, 7) is 4.48. The third kappa shape index (κ3) is 5.32. The highest BCUT2D eigenvalue weighted by Crippen LogP contribution is 2.20. The molecule has 1 aliphatic heterocycles. The number of carbonyl (C=O) groups is 2. The minimum atomic E-state index is -0.657. The zero-order valence-corrected chi connectivity index (χ0v) is 15.5. The van der Waals surface area contributed by atoms with Crippen molar-refractivity contribution in [1.29, 1.82) is 0 Å². The molecule has 1 unspecified atom stereocenters. The standard InChI is InChI=1S/C17H25N3O4.ClH/c1-3-24-15-7-5-4-6-13(15)16(21)19-8-10-20(11-9-19)17(22)14(18)12-23-2;/h4-7,14H,3,8-12,18H2,1-2H3;1H. The van der Waals surface area contributed by atoms with Gasteiger partial charge in [-0.25, -0.2) is 0 Å². The Morgan fingerprint density at radius 1 is 1.16 bits per heavy atom. The van der Waals surface area contributed by atoms with Crippen LogP contribution >= 0.6 is 12.4 Å². The van der Waals surface area contributed by atoms with E-state index in [-0.39, 0.29) is 30.8 Å². The minimum absolute atomic E-state index is 0. The second-order valence-corrected chi connectivity index (χ2v) is 5.61. The van der Waals surface area contributed by atoms with Crippen LogP contribution in [0.1, 0.15) is 17.3 Å².